The zero-order valence-electron chi connectivity index (χ0n) is 29.0. The van der Waals surface area contributed by atoms with Crippen LogP contribution in [0.15, 0.2) is 29.7 Å². The molecular formula is C29H36F3N8O12P2S+. The predicted octanol–water partition coefficient (Wildman–Crippen LogP) is 2.79. The van der Waals surface area contributed by atoms with E-state index in [0.29, 0.717) is 0 Å². The fourth-order valence-electron chi connectivity index (χ4n) is 5.73. The van der Waals surface area contributed by atoms with Gasteiger partial charge in [-0.3, -0.25) is 29.0 Å². The first-order valence-corrected chi connectivity index (χ1v) is 20.2. The molecule has 1 aliphatic carbocycles. The number of anilines is 1. The van der Waals surface area contributed by atoms with Gasteiger partial charge >= 0.3 is 21.1 Å². The number of aromatic amines is 1. The highest BCUT2D eigenvalue weighted by atomic mass is 32.5. The minimum atomic E-state index is -4.84. The van der Waals surface area contributed by atoms with Crippen molar-refractivity contribution >= 4 is 49.8 Å². The summed E-state index contributed by atoms with van der Waals surface area (Å²) in [5.74, 6) is -1.71. The summed E-state index contributed by atoms with van der Waals surface area (Å²) in [6, 6.07) is 3.38. The van der Waals surface area contributed by atoms with Gasteiger partial charge in [-0.15, -0.1) is 9.42 Å². The number of rotatable bonds is 18. The molecule has 2 unspecified atom stereocenters. The highest BCUT2D eigenvalue weighted by Gasteiger charge is 2.52. The summed E-state index contributed by atoms with van der Waals surface area (Å²) in [5.41, 5.74) is -1.23. The third-order valence-electron chi connectivity index (χ3n) is 8.19. The van der Waals surface area contributed by atoms with Gasteiger partial charge in [0.2, 0.25) is 17.7 Å². The lowest BCUT2D eigenvalue weighted by Crippen LogP contribution is -2.40. The summed E-state index contributed by atoms with van der Waals surface area (Å²) in [4.78, 5) is 53.4. The lowest BCUT2D eigenvalue weighted by Gasteiger charge is -2.31. The number of nitriles is 1. The van der Waals surface area contributed by atoms with Crippen LogP contribution < -0.4 is 15.6 Å². The lowest BCUT2D eigenvalue weighted by atomic mass is 10.1. The zero-order chi connectivity index (χ0) is 39.9. The van der Waals surface area contributed by atoms with Gasteiger partial charge in [-0.05, 0) is 18.2 Å². The van der Waals surface area contributed by atoms with Crippen LogP contribution in [0.25, 0.3) is 11.2 Å². The van der Waals surface area contributed by atoms with Gasteiger partial charge in [0.1, 0.15) is 43.5 Å². The topological polar surface area (TPSA) is 264 Å². The number of amides is 1. The van der Waals surface area contributed by atoms with E-state index in [0.717, 1.165) is 10.9 Å². The average Bonchev–Trinajstić information content (AvgIpc) is 3.81. The van der Waals surface area contributed by atoms with E-state index in [1.165, 1.54) is 18.6 Å². The molecule has 55 heavy (non-hydrogen) atoms. The van der Waals surface area contributed by atoms with E-state index >= 15 is 0 Å². The van der Waals surface area contributed by atoms with Crippen molar-refractivity contribution in [3.8, 4) is 11.9 Å². The maximum Gasteiger partial charge on any atom is 0.695 e. The monoisotopic (exact) mass is 839 g/mol. The Kier molecular flexibility index (Phi) is 14.4. The number of aliphatic hydroxyl groups excluding tert-OH is 1. The van der Waals surface area contributed by atoms with Crippen LogP contribution in [0.4, 0.5) is 19.1 Å². The number of hydrogen-bond acceptors (Lipinski definition) is 17. The third-order valence-corrected chi connectivity index (χ3v) is 11.0. The van der Waals surface area contributed by atoms with E-state index in [2.05, 4.69) is 30.2 Å². The molecule has 3 aromatic heterocycles. The third kappa shape index (κ3) is 11.3. The summed E-state index contributed by atoms with van der Waals surface area (Å²) < 4.78 is 93.7. The number of imidazole rings is 1. The summed E-state index contributed by atoms with van der Waals surface area (Å²) >= 11 is 5.72. The summed E-state index contributed by atoms with van der Waals surface area (Å²) in [6.45, 7) is -4.32. The predicted molar refractivity (Wildman–Crippen MR) is 184 cm³/mol. The average molecular weight is 840 g/mol. The largest absolute Gasteiger partial charge is 0.695 e. The van der Waals surface area contributed by atoms with Gasteiger partial charge in [0.25, 0.3) is 5.56 Å². The van der Waals surface area contributed by atoms with E-state index in [1.807, 2.05) is 6.07 Å². The van der Waals surface area contributed by atoms with Crippen LogP contribution >= 0.6 is 15.0 Å². The normalized spacial score (nSPS) is 25.5. The second-order valence-corrected chi connectivity index (χ2v) is 16.1. The van der Waals surface area contributed by atoms with E-state index in [9.17, 15) is 42.6 Å². The number of ether oxygens (including phenoxy) is 3. The molecule has 0 radical (unpaired) electrons. The number of H-pyrrole nitrogens is 1. The summed E-state index contributed by atoms with van der Waals surface area (Å²) in [6.07, 6.45) is -8.80. The molecule has 9 atom stereocenters. The standard InChI is InChI=1S/C29H35F3N8O12P2S/c1-15(2)25(42)38-28-37-24-21(26(43)39-28)36-14-40(24)27-23(22(19(10-41)50-27)46-12-29(30,31)32)52-54(55,47-7-3-5-33)48-11-16-8-17(9-18(16)51-53(44)45)49-20-4-6-34-13-35-20/h4,6,13-19,22-23,27,41H,3,7-12H2,1-2H3,(H2-,37,38,39,42,43,44,45)/p+1/t16-,17-,18+,19-,22-,23+,27-,54?/m1/s1. The van der Waals surface area contributed by atoms with Gasteiger partial charge in [-0.1, -0.05) is 13.8 Å². The quantitative estimate of drug-likeness (QED) is 0.106. The van der Waals surface area contributed by atoms with Crippen LogP contribution in [0, 0.1) is 23.2 Å². The van der Waals surface area contributed by atoms with Crippen molar-refractivity contribution in [2.75, 3.05) is 31.7 Å². The molecule has 0 spiro atoms. The fourth-order valence-corrected chi connectivity index (χ4v) is 8.33. The molecule has 1 aliphatic heterocycles. The molecule has 300 valence electrons. The number of fused-ring (bicyclic) bond motifs is 1. The lowest BCUT2D eigenvalue weighted by molar-refractivity contribution is -0.196. The molecule has 20 nitrogen and oxygen atoms in total. The van der Waals surface area contributed by atoms with Gasteiger partial charge in [0, 0.05) is 35.1 Å². The molecule has 5 rings (SSSR count). The molecule has 26 heteroatoms. The van der Waals surface area contributed by atoms with Crippen molar-refractivity contribution < 1.29 is 64.8 Å². The van der Waals surface area contributed by atoms with Gasteiger partial charge in [-0.2, -0.15) is 23.4 Å². The Morgan fingerprint density at radius 1 is 1.29 bits per heavy atom. The molecule has 4 N–H and O–H groups in total. The van der Waals surface area contributed by atoms with Crippen molar-refractivity contribution in [2.45, 2.75) is 76.0 Å². The van der Waals surface area contributed by atoms with Crippen molar-refractivity contribution in [3.63, 3.8) is 0 Å². The Balaban J connectivity index is 1.48. The minimum Gasteiger partial charge on any atom is -0.474 e. The molecule has 2 fully saturated rings. The van der Waals surface area contributed by atoms with Crippen LogP contribution in [-0.2, 0) is 48.7 Å². The highest BCUT2D eigenvalue weighted by molar-refractivity contribution is 8.07. The number of hydrogen-bond donors (Lipinski definition) is 4. The Bertz CT molecular complexity index is 1960. The van der Waals surface area contributed by atoms with Gasteiger partial charge < -0.3 is 28.4 Å². The van der Waals surface area contributed by atoms with Crippen LogP contribution in [0.3, 0.4) is 0 Å². The summed E-state index contributed by atoms with van der Waals surface area (Å²) in [5, 5.41) is 21.9. The van der Waals surface area contributed by atoms with Crippen LogP contribution in [0.2, 0.25) is 0 Å². The maximum absolute atomic E-state index is 13.5. The number of carbonyl (C=O) groups is 1. The smallest absolute Gasteiger partial charge is 0.474 e. The number of nitrogens with zero attached hydrogens (tertiary/aromatic N) is 6. The Morgan fingerprint density at radius 3 is 2.73 bits per heavy atom. The molecule has 1 amide bonds. The van der Waals surface area contributed by atoms with Gasteiger partial charge in [0.15, 0.2) is 17.4 Å². The van der Waals surface area contributed by atoms with E-state index in [1.54, 1.807) is 13.8 Å². The van der Waals surface area contributed by atoms with Crippen molar-refractivity contribution in [1.29, 1.82) is 5.26 Å². The first-order valence-electron chi connectivity index (χ1n) is 16.5. The summed E-state index contributed by atoms with van der Waals surface area (Å²) in [7, 11) is -3.07. The van der Waals surface area contributed by atoms with Crippen molar-refractivity contribution in [2.24, 2.45) is 11.8 Å². The number of halogens is 3. The van der Waals surface area contributed by atoms with Crippen molar-refractivity contribution in [1.82, 2.24) is 29.5 Å². The van der Waals surface area contributed by atoms with Gasteiger partial charge in [0.05, 0.1) is 38.6 Å². The van der Waals surface area contributed by atoms with E-state index < -0.39 is 94.4 Å². The molecule has 1 saturated heterocycles. The SMILES string of the molecule is CC(C)C(=O)Nc1nc2c(ncn2[C@@H]2O[C@H](CO)[C@@H](OCC(F)(F)F)[C@@H]2OP(=S)(OCCC#N)OC[C@H]2C[C@@H](Oc3ccncn3)C[C@@H]2O[P+](=O)O)c(=O)[nH]1. The van der Waals surface area contributed by atoms with Crippen LogP contribution in [-0.4, -0.2) is 109 Å². The molecule has 2 aliphatic rings. The fraction of sp³-hybridized carbons (Fsp3) is 0.621. The first-order chi connectivity index (χ1) is 26.1. The number of aromatic nitrogens is 6. The minimum absolute atomic E-state index is 0.127. The number of alkyl halides is 3. The molecule has 4 heterocycles. The maximum atomic E-state index is 13.5. The Morgan fingerprint density at radius 2 is 2.07 bits per heavy atom. The highest BCUT2D eigenvalue weighted by Crippen LogP contribution is 2.55. The second-order valence-electron chi connectivity index (χ2n) is 12.5. The van der Waals surface area contributed by atoms with E-state index in [-0.39, 0.29) is 55.5 Å². The number of nitrogens with one attached hydrogen (secondary N) is 2. The number of aliphatic hydroxyl groups is 1. The molecule has 0 bridgehead atoms. The molecule has 1 saturated carbocycles. The molecule has 0 aromatic carbocycles. The van der Waals surface area contributed by atoms with Crippen LogP contribution in [0.1, 0.15) is 39.3 Å². The van der Waals surface area contributed by atoms with Gasteiger partial charge in [-0.25, -0.2) is 15.0 Å². The second kappa shape index (κ2) is 18.6. The Labute approximate surface area is 315 Å². The first kappa shape index (κ1) is 42.6. The molecular weight excluding hydrogens is 803 g/mol. The Hall–Kier alpha value is -3.59. The van der Waals surface area contributed by atoms with Crippen molar-refractivity contribution in [3.05, 3.63) is 35.3 Å². The van der Waals surface area contributed by atoms with Crippen LogP contribution in [0.5, 0.6) is 5.88 Å². The zero-order valence-corrected chi connectivity index (χ0v) is 31.6. The number of carbonyl (C=O) groups excluding carboxylic acids is 1. The molecule has 3 aromatic rings. The van der Waals surface area contributed by atoms with E-state index in [4.69, 9.17) is 44.1 Å².